The molecule has 23 heavy (non-hydrogen) atoms. The van der Waals surface area contributed by atoms with Crippen LogP contribution in [0.15, 0.2) is 11.1 Å². The van der Waals surface area contributed by atoms with Crippen molar-refractivity contribution in [2.75, 3.05) is 6.61 Å². The number of nitrogens with zero attached hydrogens (tertiary/aromatic N) is 2. The van der Waals surface area contributed by atoms with E-state index in [1.54, 1.807) is 13.8 Å². The van der Waals surface area contributed by atoms with Crippen LogP contribution in [-0.2, 0) is 16.1 Å². The van der Waals surface area contributed by atoms with Crippen molar-refractivity contribution in [2.24, 2.45) is 0 Å². The Hall–Kier alpha value is -2.22. The third-order valence-corrected chi connectivity index (χ3v) is 4.81. The van der Waals surface area contributed by atoms with Gasteiger partial charge in [-0.15, -0.1) is 11.3 Å². The fourth-order valence-corrected chi connectivity index (χ4v) is 3.35. The molecule has 1 N–H and O–H groups in total. The maximum Gasteiger partial charge on any atom is 0.348 e. The van der Waals surface area contributed by atoms with Gasteiger partial charge in [-0.25, -0.2) is 9.78 Å². The summed E-state index contributed by atoms with van der Waals surface area (Å²) >= 11 is 1.13. The first-order chi connectivity index (χ1) is 11.0. The second-order valence-corrected chi connectivity index (χ2v) is 6.48. The van der Waals surface area contributed by atoms with Crippen molar-refractivity contribution in [3.63, 3.8) is 0 Å². The summed E-state index contributed by atoms with van der Waals surface area (Å²) in [7, 11) is 0. The van der Waals surface area contributed by atoms with Crippen LogP contribution in [0.4, 0.5) is 0 Å². The lowest BCUT2D eigenvalue weighted by Crippen LogP contribution is -2.33. The molecule has 3 rings (SSSR count). The molecule has 8 heteroatoms. The number of esters is 1. The summed E-state index contributed by atoms with van der Waals surface area (Å²) in [6.45, 7) is 3.63. The summed E-state index contributed by atoms with van der Waals surface area (Å²) in [6, 6.07) is 0.244. The first-order valence-electron chi connectivity index (χ1n) is 7.46. The molecule has 1 saturated carbocycles. The van der Waals surface area contributed by atoms with Gasteiger partial charge in [-0.2, -0.15) is 0 Å². The van der Waals surface area contributed by atoms with Gasteiger partial charge >= 0.3 is 5.97 Å². The monoisotopic (exact) mass is 335 g/mol. The van der Waals surface area contributed by atoms with E-state index in [1.165, 1.54) is 10.9 Å². The largest absolute Gasteiger partial charge is 0.462 e. The Morgan fingerprint density at radius 1 is 1.48 bits per heavy atom. The van der Waals surface area contributed by atoms with Crippen LogP contribution in [-0.4, -0.2) is 34.1 Å². The maximum atomic E-state index is 12.6. The lowest BCUT2D eigenvalue weighted by atomic mass is 10.2. The van der Waals surface area contributed by atoms with Gasteiger partial charge in [0.05, 0.1) is 18.3 Å². The Morgan fingerprint density at radius 2 is 2.22 bits per heavy atom. The van der Waals surface area contributed by atoms with Crippen molar-refractivity contribution in [3.8, 4) is 0 Å². The van der Waals surface area contributed by atoms with Crippen molar-refractivity contribution in [1.29, 1.82) is 0 Å². The number of amides is 1. The number of hydrogen-bond acceptors (Lipinski definition) is 6. The molecule has 1 aliphatic carbocycles. The zero-order valence-corrected chi connectivity index (χ0v) is 13.7. The van der Waals surface area contributed by atoms with Crippen LogP contribution < -0.4 is 10.9 Å². The van der Waals surface area contributed by atoms with E-state index in [4.69, 9.17) is 4.74 Å². The molecular formula is C15H17N3O4S. The predicted octanol–water partition coefficient (Wildman–Crippen LogP) is 1.22. The molecule has 1 amide bonds. The third-order valence-electron chi connectivity index (χ3n) is 3.63. The number of carbonyl (C=O) groups is 2. The summed E-state index contributed by atoms with van der Waals surface area (Å²) in [5.41, 5.74) is 0.239. The molecular weight excluding hydrogens is 318 g/mol. The van der Waals surface area contributed by atoms with Crippen molar-refractivity contribution in [2.45, 2.75) is 39.3 Å². The fourth-order valence-electron chi connectivity index (χ4n) is 2.32. The van der Waals surface area contributed by atoms with E-state index in [0.29, 0.717) is 20.7 Å². The Morgan fingerprint density at radius 3 is 2.87 bits per heavy atom. The Labute approximate surface area is 136 Å². The second kappa shape index (κ2) is 6.11. The lowest BCUT2D eigenvalue weighted by Gasteiger charge is -2.06. The van der Waals surface area contributed by atoms with Crippen LogP contribution in [0.3, 0.4) is 0 Å². The van der Waals surface area contributed by atoms with Crippen LogP contribution in [0.25, 0.3) is 10.2 Å². The van der Waals surface area contributed by atoms with Gasteiger partial charge < -0.3 is 10.1 Å². The van der Waals surface area contributed by atoms with Crippen LogP contribution in [0.1, 0.15) is 35.0 Å². The molecule has 0 aromatic carbocycles. The van der Waals surface area contributed by atoms with Crippen molar-refractivity contribution < 1.29 is 14.3 Å². The summed E-state index contributed by atoms with van der Waals surface area (Å²) in [5.74, 6) is -0.653. The van der Waals surface area contributed by atoms with E-state index >= 15 is 0 Å². The zero-order valence-electron chi connectivity index (χ0n) is 12.9. The first-order valence-corrected chi connectivity index (χ1v) is 8.28. The number of fused-ring (bicyclic) bond motifs is 1. The van der Waals surface area contributed by atoms with E-state index in [9.17, 15) is 14.4 Å². The first kappa shape index (κ1) is 15.7. The quantitative estimate of drug-likeness (QED) is 0.830. The van der Waals surface area contributed by atoms with E-state index in [2.05, 4.69) is 10.3 Å². The van der Waals surface area contributed by atoms with Crippen LogP contribution >= 0.6 is 11.3 Å². The molecule has 1 aliphatic rings. The lowest BCUT2D eigenvalue weighted by molar-refractivity contribution is -0.121. The number of carbonyl (C=O) groups excluding carboxylic acids is 2. The minimum absolute atomic E-state index is 0.0672. The normalized spacial score (nSPS) is 14.0. The van der Waals surface area contributed by atoms with Crippen LogP contribution in [0.2, 0.25) is 0 Å². The van der Waals surface area contributed by atoms with Gasteiger partial charge in [0.15, 0.2) is 0 Å². The number of aromatic nitrogens is 2. The number of rotatable bonds is 5. The molecule has 122 valence electrons. The molecule has 0 unspecified atom stereocenters. The molecule has 2 aromatic heterocycles. The van der Waals surface area contributed by atoms with Gasteiger partial charge in [-0.3, -0.25) is 14.2 Å². The minimum atomic E-state index is -0.453. The molecule has 0 radical (unpaired) electrons. The highest BCUT2D eigenvalue weighted by molar-refractivity contribution is 7.20. The van der Waals surface area contributed by atoms with Crippen molar-refractivity contribution in [3.05, 3.63) is 27.1 Å². The number of hydrogen-bond donors (Lipinski definition) is 1. The molecule has 0 aliphatic heterocycles. The van der Waals surface area contributed by atoms with E-state index < -0.39 is 5.97 Å². The van der Waals surface area contributed by atoms with Crippen molar-refractivity contribution in [1.82, 2.24) is 14.9 Å². The zero-order chi connectivity index (χ0) is 16.6. The summed E-state index contributed by atoms with van der Waals surface area (Å²) in [4.78, 5) is 41.4. The standard InChI is InChI=1S/C15H17N3O4S/c1-3-22-15(21)12-8(2)11-13(23-12)16-7-18(14(11)20)6-10(19)17-9-4-5-9/h7,9H,3-6H2,1-2H3,(H,17,19). The molecule has 2 heterocycles. The average Bonchev–Trinajstić information content (AvgIpc) is 3.24. The molecule has 2 aromatic rings. The highest BCUT2D eigenvalue weighted by atomic mass is 32.1. The molecule has 7 nitrogen and oxygen atoms in total. The Bertz CT molecular complexity index is 835. The predicted molar refractivity (Wildman–Crippen MR) is 85.7 cm³/mol. The second-order valence-electron chi connectivity index (χ2n) is 5.48. The topological polar surface area (TPSA) is 90.3 Å². The van der Waals surface area contributed by atoms with Gasteiger partial charge in [-0.1, -0.05) is 0 Å². The van der Waals surface area contributed by atoms with E-state index in [-0.39, 0.29) is 30.7 Å². The Balaban J connectivity index is 1.94. The fraction of sp³-hybridized carbons (Fsp3) is 0.467. The van der Waals surface area contributed by atoms with Gasteiger partial charge in [0.25, 0.3) is 5.56 Å². The van der Waals surface area contributed by atoms with Gasteiger partial charge in [0, 0.05) is 6.04 Å². The van der Waals surface area contributed by atoms with Gasteiger partial charge in [0.2, 0.25) is 5.91 Å². The summed E-state index contributed by atoms with van der Waals surface area (Å²) in [6.07, 6.45) is 3.33. The molecule has 0 atom stereocenters. The number of thiophene rings is 1. The number of ether oxygens (including phenoxy) is 1. The molecule has 0 saturated heterocycles. The minimum Gasteiger partial charge on any atom is -0.462 e. The Kier molecular flexibility index (Phi) is 4.16. The van der Waals surface area contributed by atoms with Crippen molar-refractivity contribution >= 4 is 33.4 Å². The SMILES string of the molecule is CCOC(=O)c1sc2ncn(CC(=O)NC3CC3)c(=O)c2c1C. The maximum absolute atomic E-state index is 12.6. The third kappa shape index (κ3) is 3.12. The van der Waals surface area contributed by atoms with Crippen LogP contribution in [0, 0.1) is 6.92 Å². The summed E-state index contributed by atoms with van der Waals surface area (Å²) < 4.78 is 6.27. The molecule has 0 bridgehead atoms. The smallest absolute Gasteiger partial charge is 0.348 e. The highest BCUT2D eigenvalue weighted by Gasteiger charge is 2.24. The number of nitrogens with one attached hydrogen (secondary N) is 1. The van der Waals surface area contributed by atoms with E-state index in [0.717, 1.165) is 24.2 Å². The van der Waals surface area contributed by atoms with Gasteiger partial charge in [-0.05, 0) is 32.3 Å². The number of aryl methyl sites for hydroxylation is 1. The molecule has 0 spiro atoms. The van der Waals surface area contributed by atoms with E-state index in [1.807, 2.05) is 0 Å². The van der Waals surface area contributed by atoms with Gasteiger partial charge in [0.1, 0.15) is 16.3 Å². The molecule has 1 fully saturated rings. The summed E-state index contributed by atoms with van der Waals surface area (Å²) in [5, 5.41) is 3.21. The average molecular weight is 335 g/mol. The highest BCUT2D eigenvalue weighted by Crippen LogP contribution is 2.27. The van der Waals surface area contributed by atoms with Crippen LogP contribution in [0.5, 0.6) is 0 Å².